The number of carbonyl (C=O) groups is 3. The average Bonchev–Trinajstić information content (AvgIpc) is 4.11. The Morgan fingerprint density at radius 3 is 1.94 bits per heavy atom. The molecule has 63 heavy (non-hydrogen) atoms. The van der Waals surface area contributed by atoms with Gasteiger partial charge in [0.2, 0.25) is 11.8 Å². The second-order valence-corrected chi connectivity index (χ2v) is 18.3. The monoisotopic (exact) mass is 894 g/mol. The van der Waals surface area contributed by atoms with Gasteiger partial charge in [0.25, 0.3) is 11.4 Å². The molecule has 324 valence electrons. The van der Waals surface area contributed by atoms with Crippen molar-refractivity contribution in [2.45, 2.75) is 35.0 Å². The van der Waals surface area contributed by atoms with Gasteiger partial charge in [0.1, 0.15) is 16.8 Å². The topological polar surface area (TPSA) is 247 Å². The number of non-ortho nitro benzene ring substituents is 2. The fraction of sp³-hybridized carbons (Fsp3) is 0.326. The van der Waals surface area contributed by atoms with Crippen molar-refractivity contribution in [1.82, 2.24) is 9.80 Å². The Hall–Kier alpha value is -6.35. The predicted molar refractivity (Wildman–Crippen MR) is 230 cm³/mol. The van der Waals surface area contributed by atoms with E-state index in [2.05, 4.69) is 10.6 Å². The molecule has 2 spiro atoms. The molecule has 4 saturated heterocycles. The first-order valence-corrected chi connectivity index (χ1v) is 22.2. The maximum absolute atomic E-state index is 15.6. The summed E-state index contributed by atoms with van der Waals surface area (Å²) >= 11 is 3.01. The number of aliphatic hydroxyl groups is 1. The second kappa shape index (κ2) is 14.6. The van der Waals surface area contributed by atoms with Gasteiger partial charge in [-0.15, -0.1) is 23.5 Å². The Bertz CT molecular complexity index is 2740. The van der Waals surface area contributed by atoms with Crippen LogP contribution in [0.25, 0.3) is 0 Å². The number of nitro groups is 2. The maximum atomic E-state index is 15.6. The molecule has 6 aliphatic rings. The van der Waals surface area contributed by atoms with E-state index in [1.165, 1.54) is 86.3 Å². The third-order valence-corrected chi connectivity index (χ3v) is 15.8. The van der Waals surface area contributed by atoms with Crippen molar-refractivity contribution in [2.24, 2.45) is 11.8 Å². The first kappa shape index (κ1) is 40.7. The van der Waals surface area contributed by atoms with Crippen molar-refractivity contribution in [3.63, 3.8) is 0 Å². The molecule has 0 aromatic heterocycles. The smallest absolute Gasteiger partial charge is 0.269 e. The van der Waals surface area contributed by atoms with Gasteiger partial charge in [-0.3, -0.25) is 44.4 Å². The lowest BCUT2D eigenvalue weighted by Crippen LogP contribution is -2.52. The van der Waals surface area contributed by atoms with Crippen LogP contribution in [-0.4, -0.2) is 102 Å². The Morgan fingerprint density at radius 1 is 0.762 bits per heavy atom. The maximum Gasteiger partial charge on any atom is 0.269 e. The van der Waals surface area contributed by atoms with Crippen LogP contribution in [0.15, 0.2) is 84.6 Å². The Morgan fingerprint density at radius 2 is 1.33 bits per heavy atom. The molecule has 20 heteroatoms. The molecule has 6 aliphatic heterocycles. The Kier molecular flexibility index (Phi) is 9.44. The normalized spacial score (nSPS) is 29.3. The average molecular weight is 895 g/mol. The van der Waals surface area contributed by atoms with E-state index in [9.17, 15) is 45.1 Å². The number of ether oxygens (including phenoxy) is 2. The van der Waals surface area contributed by atoms with Gasteiger partial charge >= 0.3 is 0 Å². The molecule has 0 aliphatic carbocycles. The summed E-state index contributed by atoms with van der Waals surface area (Å²) in [5, 5.41) is 64.7. The third-order valence-electron chi connectivity index (χ3n) is 13.7. The van der Waals surface area contributed by atoms with E-state index in [1.54, 1.807) is 24.3 Å². The Labute approximate surface area is 366 Å². The minimum atomic E-state index is -1.80. The number of allylic oxidation sites excluding steroid dienone is 1. The first-order valence-electron chi connectivity index (χ1n) is 19.8. The summed E-state index contributed by atoms with van der Waals surface area (Å²) in [6.45, 7) is 0. The van der Waals surface area contributed by atoms with Gasteiger partial charge in [-0.2, -0.15) is 0 Å². The summed E-state index contributed by atoms with van der Waals surface area (Å²) in [6.07, 6.45) is 1.09. The van der Waals surface area contributed by atoms with E-state index in [0.717, 1.165) is 6.08 Å². The summed E-state index contributed by atoms with van der Waals surface area (Å²) in [6, 6.07) is 16.3. The van der Waals surface area contributed by atoms with Gasteiger partial charge < -0.3 is 35.4 Å². The van der Waals surface area contributed by atoms with E-state index in [0.29, 0.717) is 39.6 Å². The van der Waals surface area contributed by atoms with Crippen LogP contribution in [0, 0.1) is 32.1 Å². The number of thioether (sulfide) groups is 2. The highest BCUT2D eigenvalue weighted by Gasteiger charge is 2.71. The van der Waals surface area contributed by atoms with Crippen molar-refractivity contribution < 1.29 is 49.0 Å². The fourth-order valence-electron chi connectivity index (χ4n) is 11.3. The van der Waals surface area contributed by atoms with Gasteiger partial charge in [-0.1, -0.05) is 12.1 Å². The van der Waals surface area contributed by atoms with Gasteiger partial charge in [-0.05, 0) is 47.5 Å². The molecule has 10 rings (SSSR count). The number of amides is 2. The molecule has 0 radical (unpaired) electrons. The Balaban J connectivity index is 1.18. The molecule has 18 nitrogen and oxygen atoms in total. The molecule has 2 amide bonds. The van der Waals surface area contributed by atoms with E-state index in [1.807, 2.05) is 9.80 Å². The quantitative estimate of drug-likeness (QED) is 0.0601. The minimum Gasteiger partial charge on any atom is -0.512 e. The largest absolute Gasteiger partial charge is 0.512 e. The molecule has 4 aromatic carbocycles. The van der Waals surface area contributed by atoms with E-state index >= 15 is 4.79 Å². The van der Waals surface area contributed by atoms with Crippen LogP contribution in [0.5, 0.6) is 23.0 Å². The molecule has 4 fully saturated rings. The standard InChI is InChI=1S/C43H38N6O12S2/c1-60-34-10-4-20(11-31(34)51)36-28-16-62-18-46(28)43(25-14-23(49(58)59)6-8-27(25)45-41(43)55)39(36)33(53)15-32(52)37-29-17-63-19-47(29)42(38(37)21-3-9-30(50)35(12-21)61-2)24-13-22(48(56)57)5-7-26(24)44-40(42)54/h3-15,28-29,36-39,50-52H,16-19H2,1-2H3,(H,44,54)(H,45,55). The number of carbonyl (C=O) groups excluding carboxylic acids is 3. The predicted octanol–water partition coefficient (Wildman–Crippen LogP) is 5.51. The van der Waals surface area contributed by atoms with Crippen LogP contribution in [0.2, 0.25) is 0 Å². The lowest BCUT2D eigenvalue weighted by molar-refractivity contribution is -0.385. The highest BCUT2D eigenvalue weighted by molar-refractivity contribution is 7.99. The molecular weight excluding hydrogens is 857 g/mol. The van der Waals surface area contributed by atoms with Crippen LogP contribution in [0.3, 0.4) is 0 Å². The highest BCUT2D eigenvalue weighted by atomic mass is 32.2. The van der Waals surface area contributed by atoms with Gasteiger partial charge in [0.05, 0.1) is 30.0 Å². The number of ketones is 1. The molecule has 6 heterocycles. The second-order valence-electron chi connectivity index (χ2n) is 16.3. The first-order chi connectivity index (χ1) is 30.3. The number of phenols is 2. The number of aromatic hydroxyl groups is 2. The van der Waals surface area contributed by atoms with Gasteiger partial charge in [-0.25, -0.2) is 0 Å². The molecule has 5 N–H and O–H groups in total. The minimum absolute atomic E-state index is 0.0667. The lowest BCUT2D eigenvalue weighted by atomic mass is 9.69. The molecule has 0 bridgehead atoms. The van der Waals surface area contributed by atoms with Crippen LogP contribution in [0.1, 0.15) is 34.1 Å². The number of hydrogen-bond donors (Lipinski definition) is 5. The van der Waals surface area contributed by atoms with Crippen LogP contribution < -0.4 is 20.1 Å². The molecule has 8 atom stereocenters. The number of anilines is 2. The summed E-state index contributed by atoms with van der Waals surface area (Å²) < 4.78 is 10.8. The zero-order valence-corrected chi connectivity index (χ0v) is 35.1. The lowest BCUT2D eigenvalue weighted by Gasteiger charge is -2.37. The third kappa shape index (κ3) is 5.57. The van der Waals surface area contributed by atoms with Crippen molar-refractivity contribution >= 4 is 63.9 Å². The number of rotatable bonds is 9. The molecule has 4 aromatic rings. The fourth-order valence-corrected chi connectivity index (χ4v) is 14.0. The zero-order chi connectivity index (χ0) is 44.3. The van der Waals surface area contributed by atoms with Crippen LogP contribution in [-0.2, 0) is 25.5 Å². The number of benzene rings is 4. The van der Waals surface area contributed by atoms with Gasteiger partial charge in [0.15, 0.2) is 28.8 Å². The zero-order valence-electron chi connectivity index (χ0n) is 33.4. The number of fused-ring (bicyclic) bond motifs is 8. The number of methoxy groups -OCH3 is 2. The number of aliphatic hydroxyl groups excluding tert-OH is 1. The van der Waals surface area contributed by atoms with Crippen LogP contribution in [0.4, 0.5) is 22.7 Å². The number of nitrogens with zero attached hydrogens (tertiary/aromatic N) is 4. The number of nitrogens with one attached hydrogen (secondary N) is 2. The van der Waals surface area contributed by atoms with Crippen molar-refractivity contribution in [1.29, 1.82) is 0 Å². The van der Waals surface area contributed by atoms with Crippen LogP contribution >= 0.6 is 23.5 Å². The van der Waals surface area contributed by atoms with Crippen molar-refractivity contribution in [2.75, 3.05) is 48.1 Å². The summed E-state index contributed by atoms with van der Waals surface area (Å²) in [7, 11) is 2.76. The SMILES string of the molecule is COc1ccc(C2C3CSCN3C3(C(=O)Nc4ccc([N+](=O)[O-])cc43)C2C(=O)C=C(O)C2C3CSCN3C3(C(=O)Nc4ccc([N+](=O)[O-])cc43)C2c2ccc(O)c(OC)c2)cc1O. The van der Waals surface area contributed by atoms with Crippen molar-refractivity contribution in [3.8, 4) is 23.0 Å². The summed E-state index contributed by atoms with van der Waals surface area (Å²) in [5.41, 5.74) is -1.92. The van der Waals surface area contributed by atoms with E-state index < -0.39 is 80.0 Å². The molecular formula is C43H38N6O12S2. The summed E-state index contributed by atoms with van der Waals surface area (Å²) in [5.74, 6) is -5.14. The van der Waals surface area contributed by atoms with E-state index in [4.69, 9.17) is 9.47 Å². The van der Waals surface area contributed by atoms with Crippen molar-refractivity contribution in [3.05, 3.63) is 127 Å². The van der Waals surface area contributed by atoms with Gasteiger partial charge in [0, 0.05) is 106 Å². The highest BCUT2D eigenvalue weighted by Crippen LogP contribution is 2.65. The summed E-state index contributed by atoms with van der Waals surface area (Å²) in [4.78, 5) is 72.2. The number of nitro benzene ring substituents is 2. The number of hydrogen-bond acceptors (Lipinski definition) is 16. The van der Waals surface area contributed by atoms with E-state index in [-0.39, 0.29) is 51.7 Å². The number of phenolic OH excluding ortho intramolecular Hbond substituents is 2. The molecule has 0 saturated carbocycles. The molecule has 8 unspecified atom stereocenters.